The van der Waals surface area contributed by atoms with Gasteiger partial charge < -0.3 is 0 Å². The lowest BCUT2D eigenvalue weighted by Gasteiger charge is -2.06. The van der Waals surface area contributed by atoms with Crippen molar-refractivity contribution in [2.45, 2.75) is 0 Å². The molecule has 0 aliphatic rings. The summed E-state index contributed by atoms with van der Waals surface area (Å²) in [7, 11) is 0. The van der Waals surface area contributed by atoms with Gasteiger partial charge in [-0.25, -0.2) is 4.39 Å². The molecule has 2 aromatic carbocycles. The van der Waals surface area contributed by atoms with Crippen molar-refractivity contribution < 1.29 is 9.18 Å². The number of rotatable bonds is 2. The highest BCUT2D eigenvalue weighted by atomic mass is 19.1. The standard InChI is InChI=1S/C16H10FNO/c17-15-8-7-14(12-5-1-2-6-13(12)15)16(19)11-4-3-9-18-10-11/h1-10H. The lowest BCUT2D eigenvalue weighted by Crippen LogP contribution is -2.03. The first kappa shape index (κ1) is 11.5. The summed E-state index contributed by atoms with van der Waals surface area (Å²) in [6.07, 6.45) is 3.13. The van der Waals surface area contributed by atoms with E-state index in [2.05, 4.69) is 4.98 Å². The van der Waals surface area contributed by atoms with E-state index in [0.29, 0.717) is 21.9 Å². The van der Waals surface area contributed by atoms with Gasteiger partial charge in [0.05, 0.1) is 0 Å². The van der Waals surface area contributed by atoms with Crippen LogP contribution in [0.15, 0.2) is 60.9 Å². The number of carbonyl (C=O) groups excluding carboxylic acids is 1. The van der Waals surface area contributed by atoms with Gasteiger partial charge >= 0.3 is 0 Å². The van der Waals surface area contributed by atoms with Crippen molar-refractivity contribution in [1.29, 1.82) is 0 Å². The molecule has 0 saturated heterocycles. The second-order valence-corrected chi connectivity index (χ2v) is 4.21. The third-order valence-electron chi connectivity index (χ3n) is 3.04. The minimum absolute atomic E-state index is 0.149. The lowest BCUT2D eigenvalue weighted by molar-refractivity contribution is 0.104. The third-order valence-corrected chi connectivity index (χ3v) is 3.04. The molecule has 0 radical (unpaired) electrons. The number of halogens is 1. The Bertz CT molecular complexity index is 753. The van der Waals surface area contributed by atoms with Crippen LogP contribution in [0.2, 0.25) is 0 Å². The molecule has 3 aromatic rings. The average molecular weight is 251 g/mol. The zero-order valence-electron chi connectivity index (χ0n) is 10.0. The van der Waals surface area contributed by atoms with Gasteiger partial charge in [-0.15, -0.1) is 0 Å². The predicted octanol–water partition coefficient (Wildman–Crippen LogP) is 3.60. The summed E-state index contributed by atoms with van der Waals surface area (Å²) in [5, 5.41) is 1.08. The first-order valence-electron chi connectivity index (χ1n) is 5.89. The molecule has 1 heterocycles. The Hall–Kier alpha value is -2.55. The SMILES string of the molecule is O=C(c1cccnc1)c1ccc(F)c2ccccc12. The van der Waals surface area contributed by atoms with Gasteiger partial charge in [0.25, 0.3) is 0 Å². The van der Waals surface area contributed by atoms with Crippen molar-refractivity contribution in [2.75, 3.05) is 0 Å². The molecule has 0 spiro atoms. The fraction of sp³-hybridized carbons (Fsp3) is 0. The van der Waals surface area contributed by atoms with Crippen molar-refractivity contribution in [2.24, 2.45) is 0 Å². The van der Waals surface area contributed by atoms with E-state index in [1.807, 2.05) is 0 Å². The molecule has 0 saturated carbocycles. The fourth-order valence-corrected chi connectivity index (χ4v) is 2.11. The molecule has 92 valence electrons. The number of pyridine rings is 1. The van der Waals surface area contributed by atoms with Gasteiger partial charge in [-0.05, 0) is 29.7 Å². The molecular formula is C16H10FNO. The number of fused-ring (bicyclic) bond motifs is 1. The molecular weight excluding hydrogens is 241 g/mol. The van der Waals surface area contributed by atoms with Crippen LogP contribution in [0.1, 0.15) is 15.9 Å². The lowest BCUT2D eigenvalue weighted by atomic mass is 9.98. The van der Waals surface area contributed by atoms with Crippen LogP contribution in [0.25, 0.3) is 10.8 Å². The second kappa shape index (κ2) is 4.61. The molecule has 0 fully saturated rings. The van der Waals surface area contributed by atoms with Crippen molar-refractivity contribution >= 4 is 16.6 Å². The van der Waals surface area contributed by atoms with Crippen molar-refractivity contribution in [3.8, 4) is 0 Å². The normalized spacial score (nSPS) is 10.6. The molecule has 0 unspecified atom stereocenters. The molecule has 0 bridgehead atoms. The first-order chi connectivity index (χ1) is 9.27. The van der Waals surface area contributed by atoms with E-state index in [1.54, 1.807) is 42.6 Å². The van der Waals surface area contributed by atoms with Crippen molar-refractivity contribution in [1.82, 2.24) is 4.98 Å². The Morgan fingerprint density at radius 1 is 0.947 bits per heavy atom. The molecule has 0 N–H and O–H groups in total. The number of ketones is 1. The Morgan fingerprint density at radius 3 is 2.47 bits per heavy atom. The summed E-state index contributed by atoms with van der Waals surface area (Å²) in [4.78, 5) is 16.3. The highest BCUT2D eigenvalue weighted by molar-refractivity contribution is 6.16. The van der Waals surface area contributed by atoms with E-state index in [9.17, 15) is 9.18 Å². The number of aromatic nitrogens is 1. The molecule has 1 aromatic heterocycles. The van der Waals surface area contributed by atoms with Crippen LogP contribution in [-0.2, 0) is 0 Å². The van der Waals surface area contributed by atoms with Crippen LogP contribution in [0.4, 0.5) is 4.39 Å². The van der Waals surface area contributed by atoms with E-state index < -0.39 is 0 Å². The maximum Gasteiger partial charge on any atom is 0.195 e. The Balaban J connectivity index is 2.22. The van der Waals surface area contributed by atoms with E-state index in [4.69, 9.17) is 0 Å². The molecule has 3 heteroatoms. The quantitative estimate of drug-likeness (QED) is 0.651. The van der Waals surface area contributed by atoms with Crippen LogP contribution in [-0.4, -0.2) is 10.8 Å². The summed E-state index contributed by atoms with van der Waals surface area (Å²) < 4.78 is 13.7. The first-order valence-corrected chi connectivity index (χ1v) is 5.89. The van der Waals surface area contributed by atoms with Gasteiger partial charge in [0.2, 0.25) is 0 Å². The van der Waals surface area contributed by atoms with Gasteiger partial charge in [-0.2, -0.15) is 0 Å². The Morgan fingerprint density at radius 2 is 1.74 bits per heavy atom. The zero-order chi connectivity index (χ0) is 13.2. The third kappa shape index (κ3) is 1.99. The average Bonchev–Trinajstić information content (AvgIpc) is 2.48. The Labute approximate surface area is 109 Å². The highest BCUT2D eigenvalue weighted by Crippen LogP contribution is 2.23. The fourth-order valence-electron chi connectivity index (χ4n) is 2.11. The maximum atomic E-state index is 13.7. The largest absolute Gasteiger partial charge is 0.289 e. The number of hydrogen-bond acceptors (Lipinski definition) is 2. The molecule has 0 atom stereocenters. The molecule has 19 heavy (non-hydrogen) atoms. The summed E-state index contributed by atoms with van der Waals surface area (Å²) >= 11 is 0. The number of hydrogen-bond donors (Lipinski definition) is 0. The summed E-state index contributed by atoms with van der Waals surface area (Å²) in [5.74, 6) is -0.470. The van der Waals surface area contributed by atoms with Gasteiger partial charge in [0, 0.05) is 28.9 Å². The molecule has 2 nitrogen and oxygen atoms in total. The van der Waals surface area contributed by atoms with Crippen molar-refractivity contribution in [3.05, 3.63) is 77.9 Å². The summed E-state index contributed by atoms with van der Waals surface area (Å²) in [6.45, 7) is 0. The molecule has 0 amide bonds. The van der Waals surface area contributed by atoms with Gasteiger partial charge in [0.15, 0.2) is 5.78 Å². The minimum Gasteiger partial charge on any atom is -0.289 e. The zero-order valence-corrected chi connectivity index (χ0v) is 10.0. The number of carbonyl (C=O) groups is 1. The van der Waals surface area contributed by atoms with Crippen LogP contribution >= 0.6 is 0 Å². The molecule has 0 aliphatic heterocycles. The highest BCUT2D eigenvalue weighted by Gasteiger charge is 2.14. The smallest absolute Gasteiger partial charge is 0.195 e. The van der Waals surface area contributed by atoms with E-state index in [0.717, 1.165) is 0 Å². The van der Waals surface area contributed by atoms with Crippen LogP contribution < -0.4 is 0 Å². The number of benzene rings is 2. The van der Waals surface area contributed by atoms with E-state index in [-0.39, 0.29) is 11.6 Å². The van der Waals surface area contributed by atoms with Gasteiger partial charge in [-0.1, -0.05) is 24.3 Å². The van der Waals surface area contributed by atoms with Gasteiger partial charge in [-0.3, -0.25) is 9.78 Å². The molecule has 3 rings (SSSR count). The summed E-state index contributed by atoms with van der Waals surface area (Å²) in [6, 6.07) is 13.2. The topological polar surface area (TPSA) is 30.0 Å². The second-order valence-electron chi connectivity index (χ2n) is 4.21. The minimum atomic E-state index is -0.321. The van der Waals surface area contributed by atoms with Crippen LogP contribution in [0, 0.1) is 5.82 Å². The monoisotopic (exact) mass is 251 g/mol. The molecule has 0 aliphatic carbocycles. The Kier molecular flexibility index (Phi) is 2.80. The van der Waals surface area contributed by atoms with Crippen molar-refractivity contribution in [3.63, 3.8) is 0 Å². The van der Waals surface area contributed by atoms with E-state index in [1.165, 1.54) is 18.3 Å². The van der Waals surface area contributed by atoms with Gasteiger partial charge in [0.1, 0.15) is 5.82 Å². The van der Waals surface area contributed by atoms with E-state index >= 15 is 0 Å². The van der Waals surface area contributed by atoms with Crippen LogP contribution in [0.3, 0.4) is 0 Å². The summed E-state index contributed by atoms with van der Waals surface area (Å²) in [5.41, 5.74) is 0.990. The maximum absolute atomic E-state index is 13.7. The number of nitrogens with zero attached hydrogens (tertiary/aromatic N) is 1. The predicted molar refractivity (Wildman–Crippen MR) is 71.6 cm³/mol. The van der Waals surface area contributed by atoms with Crippen LogP contribution in [0.5, 0.6) is 0 Å².